The number of nitrogens with one attached hydrogen (secondary N) is 1. The van der Waals surface area contributed by atoms with Crippen molar-refractivity contribution in [2.24, 2.45) is 0 Å². The maximum Gasteiger partial charge on any atom is 0.243 e. The Balaban J connectivity index is 1.82. The third-order valence-electron chi connectivity index (χ3n) is 5.75. The lowest BCUT2D eigenvalue weighted by Gasteiger charge is -2.31. The maximum absolute atomic E-state index is 13.6. The van der Waals surface area contributed by atoms with Gasteiger partial charge in [0.05, 0.1) is 5.75 Å². The van der Waals surface area contributed by atoms with Crippen LogP contribution in [-0.4, -0.2) is 35.1 Å². The van der Waals surface area contributed by atoms with Crippen molar-refractivity contribution in [2.75, 3.05) is 12.3 Å². The Bertz CT molecular complexity index is 1110. The summed E-state index contributed by atoms with van der Waals surface area (Å²) in [7, 11) is 0. The molecule has 3 rings (SSSR count). The number of hydrogen-bond acceptors (Lipinski definition) is 3. The molecule has 0 aliphatic heterocycles. The predicted molar refractivity (Wildman–Crippen MR) is 151 cm³/mol. The van der Waals surface area contributed by atoms with Crippen molar-refractivity contribution in [3.8, 4) is 0 Å². The highest BCUT2D eigenvalue weighted by atomic mass is 35.5. The summed E-state index contributed by atoms with van der Waals surface area (Å²) in [6.45, 7) is 3.00. The molecular formula is C29H32Cl2N2O2S. The normalized spacial score (nSPS) is 11.6. The van der Waals surface area contributed by atoms with E-state index in [1.807, 2.05) is 66.7 Å². The lowest BCUT2D eigenvalue weighted by molar-refractivity contribution is -0.139. The van der Waals surface area contributed by atoms with E-state index < -0.39 is 6.04 Å². The zero-order valence-corrected chi connectivity index (χ0v) is 22.8. The molecule has 0 bridgehead atoms. The molecule has 0 radical (unpaired) electrons. The fourth-order valence-corrected chi connectivity index (χ4v) is 5.01. The van der Waals surface area contributed by atoms with E-state index in [1.54, 1.807) is 17.0 Å². The van der Waals surface area contributed by atoms with Crippen LogP contribution in [0.5, 0.6) is 0 Å². The first-order valence-corrected chi connectivity index (χ1v) is 14.0. The van der Waals surface area contributed by atoms with Crippen molar-refractivity contribution in [1.29, 1.82) is 0 Å². The first-order chi connectivity index (χ1) is 17.5. The first-order valence-electron chi connectivity index (χ1n) is 12.1. The van der Waals surface area contributed by atoms with Crippen molar-refractivity contribution in [3.63, 3.8) is 0 Å². The highest BCUT2D eigenvalue weighted by Gasteiger charge is 2.30. The van der Waals surface area contributed by atoms with Gasteiger partial charge in [0.15, 0.2) is 0 Å². The van der Waals surface area contributed by atoms with Crippen LogP contribution in [0.3, 0.4) is 0 Å². The van der Waals surface area contributed by atoms with E-state index in [0.29, 0.717) is 35.3 Å². The number of halogens is 2. The first kappa shape index (κ1) is 28.1. The molecule has 190 valence electrons. The van der Waals surface area contributed by atoms with E-state index in [4.69, 9.17) is 23.2 Å². The SMILES string of the molecule is CCCCNC(=O)C(Cc1ccccc1)N(Cc1ccc(Cl)cc1)C(=O)CSCc1cccc(Cl)c1. The van der Waals surface area contributed by atoms with Gasteiger partial charge in [-0.05, 0) is 47.4 Å². The van der Waals surface area contributed by atoms with Gasteiger partial charge in [-0.15, -0.1) is 11.8 Å². The van der Waals surface area contributed by atoms with Crippen molar-refractivity contribution in [2.45, 2.75) is 44.5 Å². The fourth-order valence-electron chi connectivity index (χ4n) is 3.81. The van der Waals surface area contributed by atoms with Gasteiger partial charge in [0.1, 0.15) is 6.04 Å². The summed E-state index contributed by atoms with van der Waals surface area (Å²) >= 11 is 13.7. The van der Waals surface area contributed by atoms with Gasteiger partial charge < -0.3 is 10.2 Å². The second kappa shape index (κ2) is 14.9. The standard InChI is InChI=1S/C29H32Cl2N2O2S/c1-2-3-16-32-29(35)27(18-22-8-5-4-6-9-22)33(19-23-12-14-25(30)15-13-23)28(34)21-36-20-24-10-7-11-26(31)17-24/h4-15,17,27H,2-3,16,18-21H2,1H3,(H,32,35). The average Bonchev–Trinajstić information content (AvgIpc) is 2.88. The maximum atomic E-state index is 13.6. The van der Waals surface area contributed by atoms with Gasteiger partial charge in [-0.25, -0.2) is 0 Å². The average molecular weight is 544 g/mol. The lowest BCUT2D eigenvalue weighted by Crippen LogP contribution is -2.51. The second-order valence-electron chi connectivity index (χ2n) is 8.62. The van der Waals surface area contributed by atoms with E-state index in [-0.39, 0.29) is 17.6 Å². The minimum atomic E-state index is -0.626. The highest BCUT2D eigenvalue weighted by Crippen LogP contribution is 2.20. The van der Waals surface area contributed by atoms with Crippen LogP contribution < -0.4 is 5.32 Å². The summed E-state index contributed by atoms with van der Waals surface area (Å²) in [5.74, 6) is 0.707. The van der Waals surface area contributed by atoms with Gasteiger partial charge in [0.2, 0.25) is 11.8 Å². The van der Waals surface area contributed by atoms with E-state index in [0.717, 1.165) is 29.5 Å². The van der Waals surface area contributed by atoms with Gasteiger partial charge in [0, 0.05) is 35.3 Å². The number of thioether (sulfide) groups is 1. The third-order valence-corrected chi connectivity index (χ3v) is 7.23. The molecule has 0 saturated carbocycles. The Kier molecular flexibility index (Phi) is 11.7. The highest BCUT2D eigenvalue weighted by molar-refractivity contribution is 7.99. The number of rotatable bonds is 13. The molecule has 0 fully saturated rings. The molecule has 3 aromatic rings. The second-order valence-corrected chi connectivity index (χ2v) is 10.5. The van der Waals surface area contributed by atoms with Crippen LogP contribution in [0, 0.1) is 0 Å². The Labute approximate surface area is 228 Å². The topological polar surface area (TPSA) is 49.4 Å². The predicted octanol–water partition coefficient (Wildman–Crippen LogP) is 6.78. The largest absolute Gasteiger partial charge is 0.354 e. The van der Waals surface area contributed by atoms with E-state index >= 15 is 0 Å². The van der Waals surface area contributed by atoms with Gasteiger partial charge in [0.25, 0.3) is 0 Å². The van der Waals surface area contributed by atoms with Gasteiger partial charge in [-0.1, -0.05) is 91.1 Å². The summed E-state index contributed by atoms with van der Waals surface area (Å²) in [6.07, 6.45) is 2.32. The Morgan fingerprint density at radius 2 is 1.61 bits per heavy atom. The van der Waals surface area contributed by atoms with Gasteiger partial charge >= 0.3 is 0 Å². The zero-order valence-electron chi connectivity index (χ0n) is 20.5. The molecule has 1 N–H and O–H groups in total. The number of hydrogen-bond donors (Lipinski definition) is 1. The monoisotopic (exact) mass is 542 g/mol. The quantitative estimate of drug-likeness (QED) is 0.242. The van der Waals surface area contributed by atoms with Crippen LogP contribution in [0.25, 0.3) is 0 Å². The molecule has 7 heteroatoms. The number of benzene rings is 3. The summed E-state index contributed by atoms with van der Waals surface area (Å²) in [4.78, 5) is 28.7. The number of nitrogens with zero attached hydrogens (tertiary/aromatic N) is 1. The Morgan fingerprint density at radius 1 is 0.889 bits per heavy atom. The molecule has 0 aliphatic carbocycles. The van der Waals surface area contributed by atoms with Crippen LogP contribution in [0.1, 0.15) is 36.5 Å². The summed E-state index contributed by atoms with van der Waals surface area (Å²) in [5, 5.41) is 4.35. The van der Waals surface area contributed by atoms with Gasteiger partial charge in [-0.3, -0.25) is 9.59 Å². The number of carbonyl (C=O) groups excluding carboxylic acids is 2. The molecule has 3 aromatic carbocycles. The number of amides is 2. The smallest absolute Gasteiger partial charge is 0.243 e. The molecule has 0 saturated heterocycles. The molecule has 0 spiro atoms. The molecule has 4 nitrogen and oxygen atoms in total. The molecule has 0 aliphatic rings. The fraction of sp³-hybridized carbons (Fsp3) is 0.310. The third kappa shape index (κ3) is 9.20. The van der Waals surface area contributed by atoms with Crippen LogP contribution in [0.4, 0.5) is 0 Å². The molecule has 1 atom stereocenters. The van der Waals surface area contributed by atoms with Crippen molar-refractivity contribution in [3.05, 3.63) is 106 Å². The minimum Gasteiger partial charge on any atom is -0.354 e. The summed E-state index contributed by atoms with van der Waals surface area (Å²) in [6, 6.07) is 24.3. The molecule has 0 heterocycles. The van der Waals surface area contributed by atoms with Crippen molar-refractivity contribution < 1.29 is 9.59 Å². The zero-order chi connectivity index (χ0) is 25.8. The summed E-state index contributed by atoms with van der Waals surface area (Å²) in [5.41, 5.74) is 2.99. The number of carbonyl (C=O) groups is 2. The van der Waals surface area contributed by atoms with Crippen molar-refractivity contribution >= 4 is 46.8 Å². The molecular weight excluding hydrogens is 511 g/mol. The molecule has 1 unspecified atom stereocenters. The van der Waals surface area contributed by atoms with E-state index in [2.05, 4.69) is 12.2 Å². The van der Waals surface area contributed by atoms with Crippen LogP contribution >= 0.6 is 35.0 Å². The number of unbranched alkanes of at least 4 members (excludes halogenated alkanes) is 1. The Morgan fingerprint density at radius 3 is 2.31 bits per heavy atom. The lowest BCUT2D eigenvalue weighted by atomic mass is 10.0. The van der Waals surface area contributed by atoms with Gasteiger partial charge in [-0.2, -0.15) is 0 Å². The van der Waals surface area contributed by atoms with Crippen LogP contribution in [-0.2, 0) is 28.3 Å². The van der Waals surface area contributed by atoms with E-state index in [1.165, 1.54) is 11.8 Å². The molecule has 2 amide bonds. The molecule has 0 aromatic heterocycles. The minimum absolute atomic E-state index is 0.0800. The van der Waals surface area contributed by atoms with Crippen LogP contribution in [0.2, 0.25) is 10.0 Å². The van der Waals surface area contributed by atoms with E-state index in [9.17, 15) is 9.59 Å². The Hall–Kier alpha value is -2.47. The van der Waals surface area contributed by atoms with Crippen molar-refractivity contribution in [1.82, 2.24) is 10.2 Å². The summed E-state index contributed by atoms with van der Waals surface area (Å²) < 4.78 is 0. The van der Waals surface area contributed by atoms with Crippen LogP contribution in [0.15, 0.2) is 78.9 Å². The molecule has 36 heavy (non-hydrogen) atoms.